The van der Waals surface area contributed by atoms with Gasteiger partial charge in [-0.05, 0) is 99.4 Å². The van der Waals surface area contributed by atoms with Gasteiger partial charge in [0, 0.05) is 22.2 Å². The Hall–Kier alpha value is -3.06. The fraction of sp³-hybridized carbons (Fsp3) is 0.464. The van der Waals surface area contributed by atoms with Gasteiger partial charge in [0.2, 0.25) is 5.78 Å². The molecule has 7 nitrogen and oxygen atoms in total. The summed E-state index contributed by atoms with van der Waals surface area (Å²) < 4.78 is 17.2. The van der Waals surface area contributed by atoms with Crippen molar-refractivity contribution >= 4 is 29.4 Å². The zero-order chi connectivity index (χ0) is 25.4. The molecule has 188 valence electrons. The predicted octanol–water partition coefficient (Wildman–Crippen LogP) is 5.34. The van der Waals surface area contributed by atoms with Crippen LogP contribution in [0.5, 0.6) is 5.75 Å². The van der Waals surface area contributed by atoms with Crippen LogP contribution in [0.4, 0.5) is 4.79 Å². The van der Waals surface area contributed by atoms with E-state index < -0.39 is 29.8 Å². The van der Waals surface area contributed by atoms with E-state index in [1.807, 2.05) is 24.3 Å². The number of ether oxygens (including phenoxy) is 3. The second-order valence-electron chi connectivity index (χ2n) is 11.1. The summed E-state index contributed by atoms with van der Waals surface area (Å²) in [5, 5.41) is 0.611. The van der Waals surface area contributed by atoms with Gasteiger partial charge in [-0.3, -0.25) is 9.69 Å². The van der Waals surface area contributed by atoms with Gasteiger partial charge in [-0.25, -0.2) is 9.59 Å². The summed E-state index contributed by atoms with van der Waals surface area (Å²) in [6.45, 7) is 5.74. The van der Waals surface area contributed by atoms with Crippen LogP contribution in [0.2, 0.25) is 5.02 Å². The second kappa shape index (κ2) is 8.23. The van der Waals surface area contributed by atoms with Gasteiger partial charge in [0.15, 0.2) is 6.10 Å². The van der Waals surface area contributed by atoms with Crippen LogP contribution < -0.4 is 4.74 Å². The Labute approximate surface area is 214 Å². The molecule has 4 atom stereocenters. The summed E-state index contributed by atoms with van der Waals surface area (Å²) in [4.78, 5) is 40.8. The highest BCUT2D eigenvalue weighted by Gasteiger charge is 2.58. The van der Waals surface area contributed by atoms with Gasteiger partial charge in [-0.1, -0.05) is 11.6 Å². The van der Waals surface area contributed by atoms with E-state index in [-0.39, 0.29) is 11.8 Å². The molecule has 1 saturated carbocycles. The number of ketones is 1. The molecule has 2 aromatic rings. The molecule has 3 unspecified atom stereocenters. The van der Waals surface area contributed by atoms with Gasteiger partial charge in [0.1, 0.15) is 24.0 Å². The molecule has 2 fully saturated rings. The van der Waals surface area contributed by atoms with Crippen LogP contribution in [0.3, 0.4) is 0 Å². The standard InChI is InChI=1S/C28H28ClNO6/c1-28(2,3)36-27(33)30-21-10-15(21)11-22(30)26(32)35-23-7-4-14-8-19-16(9-20(14)25(23)31)13-34-24-12-17(29)5-6-18(19)24/h5-6,8-9,12,15,21-23H,4,7,10-11,13H2,1-3H3/t15-,21?,22?,23?/m1/s1. The number of likely N-dealkylation sites (tertiary alicyclic amines) is 1. The number of hydrogen-bond acceptors (Lipinski definition) is 6. The molecule has 2 aliphatic heterocycles. The third-order valence-electron chi connectivity index (χ3n) is 7.42. The average molecular weight is 510 g/mol. The van der Waals surface area contributed by atoms with Crippen molar-refractivity contribution < 1.29 is 28.6 Å². The van der Waals surface area contributed by atoms with Crippen molar-refractivity contribution in [3.05, 3.63) is 52.0 Å². The third-order valence-corrected chi connectivity index (χ3v) is 7.65. The van der Waals surface area contributed by atoms with E-state index in [9.17, 15) is 14.4 Å². The molecule has 4 aliphatic rings. The lowest BCUT2D eigenvalue weighted by Crippen LogP contribution is -2.47. The van der Waals surface area contributed by atoms with E-state index in [0.717, 1.165) is 34.4 Å². The van der Waals surface area contributed by atoms with Crippen molar-refractivity contribution in [3.63, 3.8) is 0 Å². The molecule has 2 aromatic carbocycles. The molecule has 0 radical (unpaired) electrons. The zero-order valence-corrected chi connectivity index (χ0v) is 21.3. The second-order valence-corrected chi connectivity index (χ2v) is 11.6. The number of nitrogens with zero attached hydrogens (tertiary/aromatic N) is 1. The maximum atomic E-state index is 13.4. The molecule has 0 bridgehead atoms. The fourth-order valence-electron chi connectivity index (χ4n) is 5.66. The summed E-state index contributed by atoms with van der Waals surface area (Å²) in [6.07, 6.45) is 1.09. The monoisotopic (exact) mass is 509 g/mol. The number of rotatable bonds is 2. The van der Waals surface area contributed by atoms with Crippen molar-refractivity contribution in [3.8, 4) is 16.9 Å². The number of piperidine rings is 1. The number of carbonyl (C=O) groups is 3. The lowest BCUT2D eigenvalue weighted by atomic mass is 9.83. The summed E-state index contributed by atoms with van der Waals surface area (Å²) in [7, 11) is 0. The molecule has 36 heavy (non-hydrogen) atoms. The zero-order valence-electron chi connectivity index (χ0n) is 20.5. The molecule has 2 aliphatic carbocycles. The van der Waals surface area contributed by atoms with E-state index in [4.69, 9.17) is 25.8 Å². The first-order valence-electron chi connectivity index (χ1n) is 12.4. The number of fused-ring (bicyclic) bond motifs is 5. The molecule has 2 heterocycles. The molecule has 8 heteroatoms. The molecular weight excluding hydrogens is 482 g/mol. The largest absolute Gasteiger partial charge is 0.488 e. The van der Waals surface area contributed by atoms with Crippen LogP contribution in [0.1, 0.15) is 61.5 Å². The molecule has 0 aromatic heterocycles. The van der Waals surface area contributed by atoms with Crippen LogP contribution in [-0.2, 0) is 27.3 Å². The highest BCUT2D eigenvalue weighted by molar-refractivity contribution is 6.30. The molecule has 1 amide bonds. The number of carbonyl (C=O) groups excluding carboxylic acids is 3. The minimum absolute atomic E-state index is 0.0180. The van der Waals surface area contributed by atoms with Crippen LogP contribution in [-0.4, -0.2) is 46.5 Å². The van der Waals surface area contributed by atoms with E-state index >= 15 is 0 Å². The fourth-order valence-corrected chi connectivity index (χ4v) is 5.82. The van der Waals surface area contributed by atoms with E-state index in [1.165, 1.54) is 4.90 Å². The lowest BCUT2D eigenvalue weighted by molar-refractivity contribution is -0.153. The maximum Gasteiger partial charge on any atom is 0.411 e. The number of aryl methyl sites for hydroxylation is 1. The number of hydrogen-bond donors (Lipinski definition) is 0. The first-order chi connectivity index (χ1) is 17.1. The Morgan fingerprint density at radius 2 is 1.83 bits per heavy atom. The SMILES string of the molecule is CC(C)(C)OC(=O)N1C(C(=O)OC2CCc3cc4c(cc3C2=O)COc2cc(Cl)ccc2-4)C[C@H]2CC21. The van der Waals surface area contributed by atoms with E-state index in [0.29, 0.717) is 42.4 Å². The van der Waals surface area contributed by atoms with Gasteiger partial charge in [-0.2, -0.15) is 0 Å². The van der Waals surface area contributed by atoms with Gasteiger partial charge in [0.05, 0.1) is 0 Å². The van der Waals surface area contributed by atoms with Crippen LogP contribution in [0.15, 0.2) is 30.3 Å². The normalized spacial score (nSPS) is 25.7. The number of halogens is 1. The first kappa shape index (κ1) is 23.3. The van der Waals surface area contributed by atoms with Gasteiger partial charge >= 0.3 is 12.1 Å². The average Bonchev–Trinajstić information content (AvgIpc) is 3.47. The Kier molecular flexibility index (Phi) is 5.34. The Morgan fingerprint density at radius 3 is 2.61 bits per heavy atom. The minimum atomic E-state index is -0.865. The van der Waals surface area contributed by atoms with Crippen molar-refractivity contribution in [2.45, 2.75) is 76.9 Å². The van der Waals surface area contributed by atoms with Crippen molar-refractivity contribution in [1.82, 2.24) is 4.90 Å². The summed E-state index contributed by atoms with van der Waals surface area (Å²) in [6, 6.07) is 8.77. The summed E-state index contributed by atoms with van der Waals surface area (Å²) in [5.41, 5.74) is 3.75. The summed E-state index contributed by atoms with van der Waals surface area (Å²) in [5.74, 6) is 0.290. The molecule has 0 spiro atoms. The first-order valence-corrected chi connectivity index (χ1v) is 12.8. The van der Waals surface area contributed by atoms with Crippen LogP contribution in [0, 0.1) is 5.92 Å². The Morgan fingerprint density at radius 1 is 1.06 bits per heavy atom. The van der Waals surface area contributed by atoms with E-state index in [2.05, 4.69) is 0 Å². The smallest absolute Gasteiger partial charge is 0.411 e. The molecule has 1 saturated heterocycles. The number of Topliss-reactive ketones (excluding diaryl/α,β-unsaturated/α-hetero) is 1. The number of benzene rings is 2. The molecule has 6 rings (SSSR count). The van der Waals surface area contributed by atoms with Gasteiger partial charge in [-0.15, -0.1) is 0 Å². The van der Waals surface area contributed by atoms with Gasteiger partial charge in [0.25, 0.3) is 0 Å². The molecule has 0 N–H and O–H groups in total. The van der Waals surface area contributed by atoms with E-state index in [1.54, 1.807) is 26.8 Å². The quantitative estimate of drug-likeness (QED) is 0.508. The predicted molar refractivity (Wildman–Crippen MR) is 132 cm³/mol. The maximum absolute atomic E-state index is 13.4. The van der Waals surface area contributed by atoms with Crippen molar-refractivity contribution in [1.29, 1.82) is 0 Å². The van der Waals surface area contributed by atoms with Crippen molar-refractivity contribution in [2.24, 2.45) is 5.92 Å². The highest BCUT2D eigenvalue weighted by Crippen LogP contribution is 2.49. The Bertz CT molecular complexity index is 1300. The number of esters is 1. The molecular formula is C28H28ClNO6. The Balaban J connectivity index is 1.20. The van der Waals surface area contributed by atoms with Crippen LogP contribution >= 0.6 is 11.6 Å². The topological polar surface area (TPSA) is 82.1 Å². The number of amides is 1. The minimum Gasteiger partial charge on any atom is -0.488 e. The van der Waals surface area contributed by atoms with Crippen molar-refractivity contribution in [2.75, 3.05) is 0 Å². The van der Waals surface area contributed by atoms with Crippen LogP contribution in [0.25, 0.3) is 11.1 Å². The highest BCUT2D eigenvalue weighted by atomic mass is 35.5. The summed E-state index contributed by atoms with van der Waals surface area (Å²) >= 11 is 6.11. The third kappa shape index (κ3) is 4.03. The lowest BCUT2D eigenvalue weighted by Gasteiger charge is -2.31. The van der Waals surface area contributed by atoms with Gasteiger partial charge < -0.3 is 14.2 Å².